The number of ether oxygens (including phenoxy) is 1. The molecule has 7 heteroatoms. The van der Waals surface area contributed by atoms with Crippen LogP contribution in [0.4, 0.5) is 5.69 Å². The Balaban J connectivity index is 2.36. The molecule has 0 unspecified atom stereocenters. The predicted molar refractivity (Wildman–Crippen MR) is 74.8 cm³/mol. The molecule has 0 saturated carbocycles. The summed E-state index contributed by atoms with van der Waals surface area (Å²) in [6, 6.07) is 6.23. The smallest absolute Gasteiger partial charge is 0.246 e. The number of hydrogen-bond donors (Lipinski definition) is 1. The summed E-state index contributed by atoms with van der Waals surface area (Å²) in [6.45, 7) is 0.205. The molecule has 0 aliphatic carbocycles. The molecule has 1 aromatic heterocycles. The second-order valence-corrected chi connectivity index (χ2v) is 6.32. The van der Waals surface area contributed by atoms with Crippen LogP contribution in [0, 0.1) is 0 Å². The molecule has 1 aromatic carbocycles. The van der Waals surface area contributed by atoms with Crippen molar-refractivity contribution in [2.45, 2.75) is 11.4 Å². The molecule has 2 N–H and O–H groups in total. The van der Waals surface area contributed by atoms with Crippen molar-refractivity contribution in [3.05, 3.63) is 42.4 Å². The maximum atomic E-state index is 12.6. The number of sulfonamides is 1. The minimum Gasteiger partial charge on any atom is -0.495 e. The predicted octanol–water partition coefficient (Wildman–Crippen LogP) is 1.69. The largest absolute Gasteiger partial charge is 0.495 e. The second-order valence-electron chi connectivity index (χ2n) is 4.30. The van der Waals surface area contributed by atoms with E-state index in [-0.39, 0.29) is 17.2 Å². The van der Waals surface area contributed by atoms with Crippen LogP contribution in [0.5, 0.6) is 5.75 Å². The molecular weight excluding hydrogens is 280 g/mol. The highest BCUT2D eigenvalue weighted by molar-refractivity contribution is 7.89. The SMILES string of the molecule is COc1ccc(N)cc1S(=O)(=O)N(C)Cc1ccoc1. The fraction of sp³-hybridized carbons (Fsp3) is 0.231. The van der Waals surface area contributed by atoms with Gasteiger partial charge in [0.05, 0.1) is 19.6 Å². The van der Waals surface area contributed by atoms with E-state index in [1.807, 2.05) is 0 Å². The number of hydrogen-bond acceptors (Lipinski definition) is 5. The van der Waals surface area contributed by atoms with Gasteiger partial charge in [0.25, 0.3) is 0 Å². The number of furan rings is 1. The molecule has 6 nitrogen and oxygen atoms in total. The number of nitrogens with zero attached hydrogens (tertiary/aromatic N) is 1. The van der Waals surface area contributed by atoms with Crippen molar-refractivity contribution in [2.75, 3.05) is 19.9 Å². The first-order valence-electron chi connectivity index (χ1n) is 5.86. The molecule has 108 valence electrons. The van der Waals surface area contributed by atoms with Crippen LogP contribution in [-0.4, -0.2) is 26.9 Å². The monoisotopic (exact) mass is 296 g/mol. The zero-order valence-electron chi connectivity index (χ0n) is 11.2. The van der Waals surface area contributed by atoms with Gasteiger partial charge in [-0.05, 0) is 24.3 Å². The van der Waals surface area contributed by atoms with Crippen molar-refractivity contribution in [1.29, 1.82) is 0 Å². The molecule has 0 fully saturated rings. The molecule has 0 atom stereocenters. The Bertz CT molecular complexity index is 680. The fourth-order valence-electron chi connectivity index (χ4n) is 1.79. The van der Waals surface area contributed by atoms with Gasteiger partial charge in [-0.3, -0.25) is 0 Å². The first kappa shape index (κ1) is 14.4. The summed E-state index contributed by atoms with van der Waals surface area (Å²) in [5.41, 5.74) is 6.79. The van der Waals surface area contributed by atoms with Gasteiger partial charge < -0.3 is 14.9 Å². The summed E-state index contributed by atoms with van der Waals surface area (Å²) in [5.74, 6) is 0.262. The quantitative estimate of drug-likeness (QED) is 0.849. The molecular formula is C13H16N2O4S. The number of rotatable bonds is 5. The summed E-state index contributed by atoms with van der Waals surface area (Å²) in [6.07, 6.45) is 3.00. The second kappa shape index (κ2) is 5.56. The van der Waals surface area contributed by atoms with Gasteiger partial charge in [-0.25, -0.2) is 8.42 Å². The summed E-state index contributed by atoms with van der Waals surface area (Å²) >= 11 is 0. The first-order chi connectivity index (χ1) is 9.45. The molecule has 1 heterocycles. The number of nitrogens with two attached hydrogens (primary N) is 1. The van der Waals surface area contributed by atoms with Crippen LogP contribution >= 0.6 is 0 Å². The van der Waals surface area contributed by atoms with Crippen LogP contribution in [0.15, 0.2) is 46.1 Å². The van der Waals surface area contributed by atoms with E-state index in [2.05, 4.69) is 0 Å². The minimum absolute atomic E-state index is 0.0472. The Kier molecular flexibility index (Phi) is 4.01. The van der Waals surface area contributed by atoms with Crippen molar-refractivity contribution < 1.29 is 17.6 Å². The number of methoxy groups -OCH3 is 1. The molecule has 0 aliphatic rings. The van der Waals surface area contributed by atoms with E-state index in [1.165, 1.54) is 43.1 Å². The zero-order valence-corrected chi connectivity index (χ0v) is 12.1. The van der Waals surface area contributed by atoms with Crippen LogP contribution in [-0.2, 0) is 16.6 Å². The van der Waals surface area contributed by atoms with Gasteiger partial charge in [0.1, 0.15) is 10.6 Å². The lowest BCUT2D eigenvalue weighted by Crippen LogP contribution is -2.26. The van der Waals surface area contributed by atoms with Crippen molar-refractivity contribution >= 4 is 15.7 Å². The fourth-order valence-corrected chi connectivity index (χ4v) is 3.13. The highest BCUT2D eigenvalue weighted by atomic mass is 32.2. The van der Waals surface area contributed by atoms with E-state index in [0.717, 1.165) is 5.56 Å². The zero-order chi connectivity index (χ0) is 14.8. The average Bonchev–Trinajstić information content (AvgIpc) is 2.91. The topological polar surface area (TPSA) is 85.8 Å². The lowest BCUT2D eigenvalue weighted by Gasteiger charge is -2.18. The van der Waals surface area contributed by atoms with Crippen LogP contribution in [0.1, 0.15) is 5.56 Å². The Hall–Kier alpha value is -1.99. The first-order valence-corrected chi connectivity index (χ1v) is 7.30. The van der Waals surface area contributed by atoms with Gasteiger partial charge in [0.2, 0.25) is 10.0 Å². The molecule has 0 radical (unpaired) electrons. The molecule has 0 aliphatic heterocycles. The third kappa shape index (κ3) is 2.78. The van der Waals surface area contributed by atoms with E-state index in [1.54, 1.807) is 12.1 Å². The van der Waals surface area contributed by atoms with E-state index in [9.17, 15) is 8.42 Å². The van der Waals surface area contributed by atoms with Crippen molar-refractivity contribution in [3.8, 4) is 5.75 Å². The van der Waals surface area contributed by atoms with Crippen molar-refractivity contribution in [1.82, 2.24) is 4.31 Å². The van der Waals surface area contributed by atoms with Crippen molar-refractivity contribution in [3.63, 3.8) is 0 Å². The normalized spacial score (nSPS) is 11.8. The number of benzene rings is 1. The molecule has 0 bridgehead atoms. The highest BCUT2D eigenvalue weighted by Crippen LogP contribution is 2.28. The summed E-state index contributed by atoms with van der Waals surface area (Å²) in [4.78, 5) is 0.0472. The average molecular weight is 296 g/mol. The molecule has 0 amide bonds. The Morgan fingerprint density at radius 1 is 1.35 bits per heavy atom. The Morgan fingerprint density at radius 2 is 2.10 bits per heavy atom. The Labute approximate surface area is 117 Å². The number of anilines is 1. The lowest BCUT2D eigenvalue weighted by molar-refractivity contribution is 0.397. The maximum Gasteiger partial charge on any atom is 0.246 e. The van der Waals surface area contributed by atoms with Crippen LogP contribution in [0.25, 0.3) is 0 Å². The van der Waals surface area contributed by atoms with E-state index < -0.39 is 10.0 Å². The van der Waals surface area contributed by atoms with Gasteiger partial charge in [-0.2, -0.15) is 4.31 Å². The molecule has 2 rings (SSSR count). The van der Waals surface area contributed by atoms with Crippen LogP contribution in [0.2, 0.25) is 0 Å². The summed E-state index contributed by atoms with van der Waals surface area (Å²) in [7, 11) is -0.785. The van der Waals surface area contributed by atoms with Gasteiger partial charge in [-0.1, -0.05) is 0 Å². The van der Waals surface area contributed by atoms with Crippen molar-refractivity contribution in [2.24, 2.45) is 0 Å². The third-order valence-electron chi connectivity index (χ3n) is 2.86. The lowest BCUT2D eigenvalue weighted by atomic mass is 10.3. The van der Waals surface area contributed by atoms with Gasteiger partial charge in [0.15, 0.2) is 0 Å². The van der Waals surface area contributed by atoms with E-state index >= 15 is 0 Å². The maximum absolute atomic E-state index is 12.6. The van der Waals surface area contributed by atoms with Crippen LogP contribution in [0.3, 0.4) is 0 Å². The Morgan fingerprint density at radius 3 is 2.70 bits per heavy atom. The highest BCUT2D eigenvalue weighted by Gasteiger charge is 2.25. The van der Waals surface area contributed by atoms with Gasteiger partial charge >= 0.3 is 0 Å². The molecule has 0 spiro atoms. The van der Waals surface area contributed by atoms with E-state index in [4.69, 9.17) is 14.9 Å². The van der Waals surface area contributed by atoms with Crippen LogP contribution < -0.4 is 10.5 Å². The minimum atomic E-state index is -3.69. The molecule has 20 heavy (non-hydrogen) atoms. The molecule has 0 saturated heterocycles. The summed E-state index contributed by atoms with van der Waals surface area (Å²) in [5, 5.41) is 0. The standard InChI is InChI=1S/C13H16N2O4S/c1-15(8-10-5-6-19-9-10)20(16,17)13-7-11(14)3-4-12(13)18-2/h3-7,9H,8,14H2,1-2H3. The van der Waals surface area contributed by atoms with E-state index in [0.29, 0.717) is 5.69 Å². The summed E-state index contributed by atoms with van der Waals surface area (Å²) < 4.78 is 36.3. The molecule has 2 aromatic rings. The van der Waals surface area contributed by atoms with Gasteiger partial charge in [-0.15, -0.1) is 0 Å². The van der Waals surface area contributed by atoms with Gasteiger partial charge in [0, 0.05) is 24.8 Å². The number of nitrogen functional groups attached to an aromatic ring is 1. The third-order valence-corrected chi connectivity index (χ3v) is 4.69.